The van der Waals surface area contributed by atoms with Crippen molar-refractivity contribution in [2.24, 2.45) is 0 Å². The van der Waals surface area contributed by atoms with E-state index in [0.717, 1.165) is 16.7 Å². The van der Waals surface area contributed by atoms with Crippen LogP contribution in [-0.4, -0.2) is 9.97 Å². The summed E-state index contributed by atoms with van der Waals surface area (Å²) in [4.78, 5) is 7.82. The molecule has 0 saturated carbocycles. The first kappa shape index (κ1) is 7.55. The molecule has 62 valence electrons. The highest BCUT2D eigenvalue weighted by Crippen LogP contribution is 2.22. The maximum atomic E-state index is 5.60. The molecule has 2 aromatic rings. The Labute approximate surface area is 74.4 Å². The van der Waals surface area contributed by atoms with Crippen molar-refractivity contribution in [2.75, 3.05) is 0 Å². The number of hydrogen-bond donors (Lipinski definition) is 0. The zero-order chi connectivity index (χ0) is 8.72. The second kappa shape index (κ2) is 2.45. The highest BCUT2D eigenvalue weighted by Gasteiger charge is 2.08. The second-order valence-corrected chi connectivity index (χ2v) is 2.98. The van der Waals surface area contributed by atoms with Crippen LogP contribution < -0.4 is 0 Å². The van der Waals surface area contributed by atoms with Crippen LogP contribution in [-0.2, 0) is 0 Å². The van der Waals surface area contributed by atoms with Gasteiger partial charge in [-0.3, -0.25) is 0 Å². The van der Waals surface area contributed by atoms with Gasteiger partial charge in [0.2, 0.25) is 11.0 Å². The first-order valence-corrected chi connectivity index (χ1v) is 3.94. The van der Waals surface area contributed by atoms with Crippen LogP contribution in [0.4, 0.5) is 0 Å². The molecule has 2 rings (SSSR count). The largest absolute Gasteiger partial charge is 0.443 e. The van der Waals surface area contributed by atoms with Crippen molar-refractivity contribution in [3.8, 4) is 0 Å². The predicted octanol–water partition coefficient (Wildman–Crippen LogP) is 2.49. The maximum Gasteiger partial charge on any atom is 0.230 e. The van der Waals surface area contributed by atoms with E-state index in [4.69, 9.17) is 16.0 Å². The van der Waals surface area contributed by atoms with Crippen molar-refractivity contribution < 1.29 is 4.42 Å². The van der Waals surface area contributed by atoms with Crippen molar-refractivity contribution in [3.05, 3.63) is 22.8 Å². The van der Waals surface area contributed by atoms with E-state index in [0.29, 0.717) is 5.71 Å². The Hall–Kier alpha value is -1.09. The average molecular weight is 183 g/mol. The standard InChI is InChI=1S/C8H7ClN2O/c1-4-5(2)12-7-6(4)3-10-8(9)11-7/h3H,1-2H3. The molecule has 0 aliphatic carbocycles. The third-order valence-corrected chi connectivity index (χ3v) is 2.09. The quantitative estimate of drug-likeness (QED) is 0.588. The Morgan fingerprint density at radius 2 is 2.17 bits per heavy atom. The van der Waals surface area contributed by atoms with Crippen LogP contribution in [0, 0.1) is 13.8 Å². The van der Waals surface area contributed by atoms with E-state index < -0.39 is 0 Å². The SMILES string of the molecule is Cc1oc2nc(Cl)ncc2c1C. The lowest BCUT2D eigenvalue weighted by Crippen LogP contribution is -1.80. The Balaban J connectivity index is 2.87. The molecule has 0 radical (unpaired) electrons. The summed E-state index contributed by atoms with van der Waals surface area (Å²) in [5.41, 5.74) is 1.63. The number of aromatic nitrogens is 2. The molecule has 0 bridgehead atoms. The molecule has 3 nitrogen and oxygen atoms in total. The van der Waals surface area contributed by atoms with Gasteiger partial charge in [-0.05, 0) is 25.4 Å². The van der Waals surface area contributed by atoms with Crippen LogP contribution in [0.1, 0.15) is 11.3 Å². The number of aryl methyl sites for hydroxylation is 2. The van der Waals surface area contributed by atoms with Crippen LogP contribution in [0.5, 0.6) is 0 Å². The van der Waals surface area contributed by atoms with Gasteiger partial charge in [-0.2, -0.15) is 4.98 Å². The van der Waals surface area contributed by atoms with Crippen molar-refractivity contribution >= 4 is 22.7 Å². The minimum Gasteiger partial charge on any atom is -0.443 e. The monoisotopic (exact) mass is 182 g/mol. The van der Waals surface area contributed by atoms with E-state index in [1.807, 2.05) is 13.8 Å². The molecule has 0 aliphatic rings. The van der Waals surface area contributed by atoms with Crippen molar-refractivity contribution in [3.63, 3.8) is 0 Å². The fraction of sp³-hybridized carbons (Fsp3) is 0.250. The summed E-state index contributed by atoms with van der Waals surface area (Å²) in [7, 11) is 0. The van der Waals surface area contributed by atoms with Gasteiger partial charge in [0.05, 0.1) is 5.39 Å². The van der Waals surface area contributed by atoms with Crippen LogP contribution in [0.15, 0.2) is 10.6 Å². The summed E-state index contributed by atoms with van der Waals surface area (Å²) in [5.74, 6) is 0.863. The minimum absolute atomic E-state index is 0.219. The molecule has 0 atom stereocenters. The normalized spacial score (nSPS) is 10.9. The summed E-state index contributed by atoms with van der Waals surface area (Å²) < 4.78 is 5.34. The number of furan rings is 1. The van der Waals surface area contributed by atoms with Crippen molar-refractivity contribution in [1.82, 2.24) is 9.97 Å². The fourth-order valence-corrected chi connectivity index (χ4v) is 1.22. The molecule has 0 N–H and O–H groups in total. The zero-order valence-corrected chi connectivity index (χ0v) is 7.51. The van der Waals surface area contributed by atoms with E-state index >= 15 is 0 Å². The number of rotatable bonds is 0. The first-order valence-electron chi connectivity index (χ1n) is 3.56. The predicted molar refractivity (Wildman–Crippen MR) is 46.3 cm³/mol. The van der Waals surface area contributed by atoms with Crippen LogP contribution in [0.25, 0.3) is 11.1 Å². The van der Waals surface area contributed by atoms with Crippen LogP contribution >= 0.6 is 11.6 Å². The van der Waals surface area contributed by atoms with Gasteiger partial charge in [-0.1, -0.05) is 0 Å². The van der Waals surface area contributed by atoms with Crippen molar-refractivity contribution in [2.45, 2.75) is 13.8 Å². The molecule has 4 heteroatoms. The lowest BCUT2D eigenvalue weighted by atomic mass is 10.2. The van der Waals surface area contributed by atoms with Gasteiger partial charge < -0.3 is 4.42 Å². The summed E-state index contributed by atoms with van der Waals surface area (Å²) in [6, 6.07) is 0. The van der Waals surface area contributed by atoms with Gasteiger partial charge in [0.1, 0.15) is 5.76 Å². The van der Waals surface area contributed by atoms with Gasteiger partial charge >= 0.3 is 0 Å². The zero-order valence-electron chi connectivity index (χ0n) is 6.76. The van der Waals surface area contributed by atoms with Crippen LogP contribution in [0.3, 0.4) is 0 Å². The van der Waals surface area contributed by atoms with E-state index in [9.17, 15) is 0 Å². The summed E-state index contributed by atoms with van der Waals surface area (Å²) in [6.07, 6.45) is 1.68. The number of halogens is 1. The molecule has 12 heavy (non-hydrogen) atoms. The second-order valence-electron chi connectivity index (χ2n) is 2.64. The smallest absolute Gasteiger partial charge is 0.230 e. The molecular weight excluding hydrogens is 176 g/mol. The third kappa shape index (κ3) is 0.975. The summed E-state index contributed by atoms with van der Waals surface area (Å²) in [6.45, 7) is 3.86. The lowest BCUT2D eigenvalue weighted by Gasteiger charge is -1.87. The Morgan fingerprint density at radius 3 is 2.92 bits per heavy atom. The highest BCUT2D eigenvalue weighted by atomic mass is 35.5. The van der Waals surface area contributed by atoms with E-state index in [1.165, 1.54) is 0 Å². The topological polar surface area (TPSA) is 38.9 Å². The van der Waals surface area contributed by atoms with E-state index in [-0.39, 0.29) is 5.28 Å². The highest BCUT2D eigenvalue weighted by molar-refractivity contribution is 6.28. The van der Waals surface area contributed by atoms with Crippen LogP contribution in [0.2, 0.25) is 5.28 Å². The lowest BCUT2D eigenvalue weighted by molar-refractivity contribution is 0.564. The van der Waals surface area contributed by atoms with Crippen molar-refractivity contribution in [1.29, 1.82) is 0 Å². The van der Waals surface area contributed by atoms with Gasteiger partial charge in [0, 0.05) is 11.8 Å². The molecule has 0 fully saturated rings. The number of hydrogen-bond acceptors (Lipinski definition) is 3. The average Bonchev–Trinajstić information content (AvgIpc) is 2.28. The van der Waals surface area contributed by atoms with Gasteiger partial charge in [0.15, 0.2) is 0 Å². The van der Waals surface area contributed by atoms with Gasteiger partial charge in [0.25, 0.3) is 0 Å². The summed E-state index contributed by atoms with van der Waals surface area (Å²) in [5, 5.41) is 1.15. The number of fused-ring (bicyclic) bond motifs is 1. The molecule has 0 unspecified atom stereocenters. The third-order valence-electron chi connectivity index (χ3n) is 1.91. The summed E-state index contributed by atoms with van der Waals surface area (Å²) >= 11 is 5.60. The molecule has 0 spiro atoms. The Bertz CT molecular complexity index is 436. The molecule has 0 amide bonds. The van der Waals surface area contributed by atoms with Gasteiger partial charge in [-0.25, -0.2) is 4.98 Å². The molecule has 0 saturated heterocycles. The molecular formula is C8H7ClN2O. The minimum atomic E-state index is 0.219. The number of nitrogens with zero attached hydrogens (tertiary/aromatic N) is 2. The maximum absolute atomic E-state index is 5.60. The first-order chi connectivity index (χ1) is 5.68. The molecule has 0 aliphatic heterocycles. The molecule has 2 heterocycles. The fourth-order valence-electron chi connectivity index (χ4n) is 1.09. The Kier molecular flexibility index (Phi) is 1.54. The van der Waals surface area contributed by atoms with Gasteiger partial charge in [-0.15, -0.1) is 0 Å². The molecule has 2 aromatic heterocycles. The molecule has 0 aromatic carbocycles. The van der Waals surface area contributed by atoms with E-state index in [1.54, 1.807) is 6.20 Å². The Morgan fingerprint density at radius 1 is 1.42 bits per heavy atom. The van der Waals surface area contributed by atoms with E-state index in [2.05, 4.69) is 9.97 Å².